The molecular weight excluding hydrogens is 405 g/mol. The molecule has 1 aliphatic carbocycles. The van der Waals surface area contributed by atoms with Crippen molar-refractivity contribution in [1.29, 1.82) is 0 Å². The van der Waals surface area contributed by atoms with Crippen LogP contribution >= 0.6 is 0 Å². The molecule has 4 rings (SSSR count). The number of hydrogen-bond acceptors (Lipinski definition) is 4. The third-order valence-corrected chi connectivity index (χ3v) is 6.12. The molecule has 4 nitrogen and oxygen atoms in total. The van der Waals surface area contributed by atoms with Crippen molar-refractivity contribution < 1.29 is 22.6 Å². The second-order valence-electron chi connectivity index (χ2n) is 8.45. The lowest BCUT2D eigenvalue weighted by molar-refractivity contribution is 0.0930. The molecule has 0 radical (unpaired) electrons. The molecule has 1 saturated heterocycles. The molecule has 1 atom stereocenters. The van der Waals surface area contributed by atoms with E-state index in [1.807, 2.05) is 30.3 Å². The number of benzene rings is 2. The fraction of sp³-hybridized carbons (Fsp3) is 0.500. The molecule has 1 saturated carbocycles. The summed E-state index contributed by atoms with van der Waals surface area (Å²) in [7, 11) is 1.65. The molecule has 7 heteroatoms. The minimum Gasteiger partial charge on any atom is -0.496 e. The third kappa shape index (κ3) is 5.92. The van der Waals surface area contributed by atoms with E-state index < -0.39 is 11.8 Å². The van der Waals surface area contributed by atoms with E-state index in [1.165, 1.54) is 12.1 Å². The van der Waals surface area contributed by atoms with Gasteiger partial charge < -0.3 is 9.47 Å². The highest BCUT2D eigenvalue weighted by Gasteiger charge is 2.56. The first-order valence-corrected chi connectivity index (χ1v) is 10.8. The van der Waals surface area contributed by atoms with E-state index >= 15 is 0 Å². The summed E-state index contributed by atoms with van der Waals surface area (Å²) in [6, 6.07) is 12.3. The molecule has 2 aromatic rings. The van der Waals surface area contributed by atoms with Gasteiger partial charge in [-0.05, 0) is 42.3 Å². The van der Waals surface area contributed by atoms with Crippen molar-refractivity contribution in [3.8, 4) is 11.5 Å². The Hall–Kier alpha value is -2.25. The highest BCUT2D eigenvalue weighted by molar-refractivity contribution is 5.40. The average molecular weight is 435 g/mol. The Morgan fingerprint density at radius 1 is 0.968 bits per heavy atom. The summed E-state index contributed by atoms with van der Waals surface area (Å²) in [5.41, 5.74) is 2.15. The number of halogens is 3. The Bertz CT molecular complexity index is 868. The van der Waals surface area contributed by atoms with Crippen LogP contribution in [0.2, 0.25) is 0 Å². The van der Waals surface area contributed by atoms with Gasteiger partial charge in [0, 0.05) is 57.2 Å². The number of piperazine rings is 1. The Balaban J connectivity index is 1.27. The summed E-state index contributed by atoms with van der Waals surface area (Å²) in [4.78, 5) is 4.74. The van der Waals surface area contributed by atoms with Gasteiger partial charge in [0.05, 0.1) is 13.7 Å². The van der Waals surface area contributed by atoms with Gasteiger partial charge in [-0.25, -0.2) is 13.2 Å². The van der Waals surface area contributed by atoms with Crippen LogP contribution in [-0.2, 0) is 13.1 Å². The van der Waals surface area contributed by atoms with Crippen LogP contribution in [0.4, 0.5) is 13.2 Å². The summed E-state index contributed by atoms with van der Waals surface area (Å²) in [5, 5.41) is 0. The van der Waals surface area contributed by atoms with E-state index in [-0.39, 0.29) is 12.2 Å². The van der Waals surface area contributed by atoms with E-state index in [9.17, 15) is 13.2 Å². The number of alkyl halides is 2. The number of rotatable bonds is 9. The summed E-state index contributed by atoms with van der Waals surface area (Å²) in [5.74, 6) is -1.74. The molecule has 0 amide bonds. The van der Waals surface area contributed by atoms with Crippen molar-refractivity contribution in [3.63, 3.8) is 0 Å². The van der Waals surface area contributed by atoms with Gasteiger partial charge >= 0.3 is 0 Å². The quantitative estimate of drug-likeness (QED) is 0.577. The van der Waals surface area contributed by atoms with Gasteiger partial charge in [0.1, 0.15) is 17.3 Å². The first kappa shape index (κ1) is 22.0. The van der Waals surface area contributed by atoms with Gasteiger partial charge in [0.25, 0.3) is 5.92 Å². The van der Waals surface area contributed by atoms with E-state index in [1.54, 1.807) is 7.11 Å². The first-order valence-electron chi connectivity index (χ1n) is 10.8. The number of methoxy groups -OCH3 is 1. The zero-order valence-corrected chi connectivity index (χ0v) is 17.8. The topological polar surface area (TPSA) is 24.9 Å². The number of nitrogens with zero attached hydrogens (tertiary/aromatic N) is 2. The molecule has 168 valence electrons. The fourth-order valence-electron chi connectivity index (χ4n) is 4.06. The molecular formula is C24H29F3N2O2. The van der Waals surface area contributed by atoms with Gasteiger partial charge in [0.2, 0.25) is 0 Å². The van der Waals surface area contributed by atoms with Gasteiger partial charge in [-0.15, -0.1) is 0 Å². The second-order valence-corrected chi connectivity index (χ2v) is 8.45. The molecule has 1 heterocycles. The van der Waals surface area contributed by atoms with Crippen molar-refractivity contribution in [2.24, 2.45) is 5.92 Å². The van der Waals surface area contributed by atoms with Crippen molar-refractivity contribution in [3.05, 3.63) is 59.4 Å². The maximum atomic E-state index is 13.1. The van der Waals surface area contributed by atoms with E-state index in [0.29, 0.717) is 18.8 Å². The minimum absolute atomic E-state index is 0.0165. The van der Waals surface area contributed by atoms with Crippen LogP contribution in [0.25, 0.3) is 0 Å². The summed E-state index contributed by atoms with van der Waals surface area (Å²) in [6.45, 7) is 5.58. The molecule has 0 spiro atoms. The normalized spacial score (nSPS) is 21.1. The zero-order valence-electron chi connectivity index (χ0n) is 17.8. The van der Waals surface area contributed by atoms with Crippen LogP contribution in [0.3, 0.4) is 0 Å². The molecule has 31 heavy (non-hydrogen) atoms. The Morgan fingerprint density at radius 3 is 2.23 bits per heavy atom. The molecule has 2 fully saturated rings. The standard InChI is InChI=1S/C24H29F3N2O2/c1-30-23-7-6-22(31-13-8-20-15-24(20,26)27)14-19(23)17-29-11-9-28(10-12-29)16-18-2-4-21(25)5-3-18/h2-7,14,20H,8-13,15-17H2,1H3. The highest BCUT2D eigenvalue weighted by atomic mass is 19.3. The average Bonchev–Trinajstić information content (AvgIpc) is 3.37. The largest absolute Gasteiger partial charge is 0.496 e. The minimum atomic E-state index is -2.49. The Morgan fingerprint density at radius 2 is 1.61 bits per heavy atom. The summed E-state index contributed by atoms with van der Waals surface area (Å²) >= 11 is 0. The van der Waals surface area contributed by atoms with Crippen LogP contribution in [0.15, 0.2) is 42.5 Å². The van der Waals surface area contributed by atoms with Crippen LogP contribution in [-0.4, -0.2) is 55.6 Å². The summed E-state index contributed by atoms with van der Waals surface area (Å²) < 4.78 is 50.3. The van der Waals surface area contributed by atoms with Crippen molar-refractivity contribution >= 4 is 0 Å². The molecule has 1 aliphatic heterocycles. The van der Waals surface area contributed by atoms with Crippen molar-refractivity contribution in [2.45, 2.75) is 31.9 Å². The molecule has 0 aromatic heterocycles. The second kappa shape index (κ2) is 9.49. The van der Waals surface area contributed by atoms with Crippen LogP contribution in [0, 0.1) is 11.7 Å². The lowest BCUT2D eigenvalue weighted by atomic mass is 10.1. The smallest absolute Gasteiger partial charge is 0.251 e. The zero-order chi connectivity index (χ0) is 21.8. The summed E-state index contributed by atoms with van der Waals surface area (Å²) in [6.07, 6.45) is 0.363. The maximum absolute atomic E-state index is 13.1. The Kier molecular flexibility index (Phi) is 6.72. The van der Waals surface area contributed by atoms with Gasteiger partial charge in [-0.1, -0.05) is 12.1 Å². The predicted octanol–water partition coefficient (Wildman–Crippen LogP) is 4.58. The number of hydrogen-bond donors (Lipinski definition) is 0. The van der Waals surface area contributed by atoms with Crippen LogP contribution < -0.4 is 9.47 Å². The third-order valence-electron chi connectivity index (χ3n) is 6.12. The highest BCUT2D eigenvalue weighted by Crippen LogP contribution is 2.50. The fourth-order valence-corrected chi connectivity index (χ4v) is 4.06. The van der Waals surface area contributed by atoms with Gasteiger partial charge in [-0.3, -0.25) is 9.80 Å². The van der Waals surface area contributed by atoms with Gasteiger partial charge in [0.15, 0.2) is 0 Å². The molecule has 2 aromatic carbocycles. The maximum Gasteiger partial charge on any atom is 0.251 e. The molecule has 0 bridgehead atoms. The lowest BCUT2D eigenvalue weighted by Gasteiger charge is -2.35. The van der Waals surface area contributed by atoms with E-state index in [0.717, 1.165) is 56.1 Å². The molecule has 1 unspecified atom stereocenters. The molecule has 2 aliphatic rings. The molecule has 0 N–H and O–H groups in total. The van der Waals surface area contributed by atoms with Crippen molar-refractivity contribution in [2.75, 3.05) is 39.9 Å². The predicted molar refractivity (Wildman–Crippen MR) is 113 cm³/mol. The Labute approximate surface area is 181 Å². The van der Waals surface area contributed by atoms with E-state index in [2.05, 4.69) is 9.80 Å². The lowest BCUT2D eigenvalue weighted by Crippen LogP contribution is -2.45. The monoisotopic (exact) mass is 434 g/mol. The van der Waals surface area contributed by atoms with Crippen LogP contribution in [0.1, 0.15) is 24.0 Å². The van der Waals surface area contributed by atoms with Crippen LogP contribution in [0.5, 0.6) is 11.5 Å². The number of ether oxygens (including phenoxy) is 2. The van der Waals surface area contributed by atoms with Crippen molar-refractivity contribution in [1.82, 2.24) is 9.80 Å². The van der Waals surface area contributed by atoms with Gasteiger partial charge in [-0.2, -0.15) is 0 Å². The SMILES string of the molecule is COc1ccc(OCCC2CC2(F)F)cc1CN1CCN(Cc2ccc(F)cc2)CC1. The van der Waals surface area contributed by atoms with E-state index in [4.69, 9.17) is 9.47 Å². The first-order chi connectivity index (χ1) is 14.9.